The van der Waals surface area contributed by atoms with E-state index in [1.54, 1.807) is 4.90 Å². The summed E-state index contributed by atoms with van der Waals surface area (Å²) in [5, 5.41) is 30.5. The maximum absolute atomic E-state index is 12.3. The molecule has 40 heavy (non-hydrogen) atoms. The normalized spacial score (nSPS) is 25.4. The van der Waals surface area contributed by atoms with Gasteiger partial charge in [-0.25, -0.2) is 4.79 Å². The van der Waals surface area contributed by atoms with Gasteiger partial charge in [0.25, 0.3) is 0 Å². The van der Waals surface area contributed by atoms with Crippen molar-refractivity contribution in [2.75, 3.05) is 26.3 Å². The van der Waals surface area contributed by atoms with Gasteiger partial charge in [0.1, 0.15) is 13.0 Å². The van der Waals surface area contributed by atoms with Gasteiger partial charge in [0.05, 0.1) is 29.8 Å². The molecular weight excluding hydrogens is 511 g/mol. The molecule has 1 spiro atoms. The SMILES string of the molecule is CC(C)(C)N1CCOC2(CC2)C1.N#CCC(=O)N1C2CCC1(COC(=O)NC(Cc1ccccc1)B(O)O)CC2. The minimum atomic E-state index is -1.73. The van der Waals surface area contributed by atoms with Gasteiger partial charge in [0.2, 0.25) is 5.91 Å². The third-order valence-electron chi connectivity index (χ3n) is 8.70. The predicted octanol–water partition coefficient (Wildman–Crippen LogP) is 2.42. The number of rotatable bonds is 7. The van der Waals surface area contributed by atoms with E-state index in [2.05, 4.69) is 31.0 Å². The fraction of sp³-hybridized carbons (Fsp3) is 0.690. The summed E-state index contributed by atoms with van der Waals surface area (Å²) in [4.78, 5) is 28.8. The van der Waals surface area contributed by atoms with Crippen molar-refractivity contribution in [1.82, 2.24) is 15.1 Å². The van der Waals surface area contributed by atoms with E-state index in [0.717, 1.165) is 50.9 Å². The average Bonchev–Trinajstić information content (AvgIpc) is 3.41. The van der Waals surface area contributed by atoms with Crippen LogP contribution in [0.5, 0.6) is 0 Å². The van der Waals surface area contributed by atoms with E-state index < -0.39 is 24.7 Å². The number of ether oxygens (including phenoxy) is 2. The van der Waals surface area contributed by atoms with E-state index in [-0.39, 0.29) is 37.0 Å². The lowest BCUT2D eigenvalue weighted by Crippen LogP contribution is -2.52. The minimum absolute atomic E-state index is 0.0338. The van der Waals surface area contributed by atoms with E-state index in [4.69, 9.17) is 14.7 Å². The zero-order valence-corrected chi connectivity index (χ0v) is 24.0. The Hall–Kier alpha value is -2.65. The number of morpholine rings is 1. The molecular formula is C29H43BN4O6. The monoisotopic (exact) mass is 554 g/mol. The van der Waals surface area contributed by atoms with Crippen LogP contribution in [0.15, 0.2) is 30.3 Å². The summed E-state index contributed by atoms with van der Waals surface area (Å²) in [5.41, 5.74) is 0.898. The zero-order valence-electron chi connectivity index (χ0n) is 24.0. The van der Waals surface area contributed by atoms with Crippen LogP contribution in [0.2, 0.25) is 0 Å². The molecule has 10 nitrogen and oxygen atoms in total. The van der Waals surface area contributed by atoms with Crippen molar-refractivity contribution in [3.05, 3.63) is 35.9 Å². The van der Waals surface area contributed by atoms with Crippen LogP contribution in [0.25, 0.3) is 0 Å². The van der Waals surface area contributed by atoms with Crippen LogP contribution in [0.3, 0.4) is 0 Å². The maximum Gasteiger partial charge on any atom is 0.475 e. The first-order chi connectivity index (χ1) is 19.0. The highest BCUT2D eigenvalue weighted by molar-refractivity contribution is 6.43. The summed E-state index contributed by atoms with van der Waals surface area (Å²) in [5.74, 6) is -1.14. The van der Waals surface area contributed by atoms with Crippen LogP contribution in [-0.4, -0.2) is 93.9 Å². The molecule has 3 N–H and O–H groups in total. The van der Waals surface area contributed by atoms with Gasteiger partial charge in [-0.15, -0.1) is 0 Å². The van der Waals surface area contributed by atoms with E-state index in [9.17, 15) is 19.6 Å². The molecule has 1 unspecified atom stereocenters. The molecule has 1 aliphatic carbocycles. The summed E-state index contributed by atoms with van der Waals surface area (Å²) < 4.78 is 11.1. The number of alkyl carbamates (subject to hydrolysis) is 1. The van der Waals surface area contributed by atoms with Crippen LogP contribution in [-0.2, 0) is 20.7 Å². The Labute approximate surface area is 237 Å². The van der Waals surface area contributed by atoms with Gasteiger partial charge in [-0.1, -0.05) is 30.3 Å². The van der Waals surface area contributed by atoms with Gasteiger partial charge >= 0.3 is 13.2 Å². The molecule has 3 saturated heterocycles. The molecule has 218 valence electrons. The van der Waals surface area contributed by atoms with Crippen molar-refractivity contribution >= 4 is 19.1 Å². The smallest absolute Gasteiger partial charge is 0.447 e. The lowest BCUT2D eigenvalue weighted by atomic mass is 9.76. The molecule has 2 amide bonds. The molecule has 5 rings (SSSR count). The average molecular weight is 554 g/mol. The molecule has 0 aromatic heterocycles. The van der Waals surface area contributed by atoms with Crippen LogP contribution >= 0.6 is 0 Å². The molecule has 1 atom stereocenters. The van der Waals surface area contributed by atoms with Gasteiger partial charge < -0.3 is 29.7 Å². The zero-order chi connectivity index (χ0) is 29.0. The Morgan fingerprint density at radius 1 is 1.20 bits per heavy atom. The molecule has 11 heteroatoms. The highest BCUT2D eigenvalue weighted by Gasteiger charge is 2.54. The summed E-state index contributed by atoms with van der Waals surface area (Å²) in [6, 6.07) is 11.2. The lowest BCUT2D eigenvalue weighted by Gasteiger charge is -2.41. The Morgan fingerprint density at radius 2 is 1.88 bits per heavy atom. The Bertz CT molecular complexity index is 1060. The number of carbonyl (C=O) groups is 2. The molecule has 3 aliphatic heterocycles. The molecule has 1 aromatic rings. The third kappa shape index (κ3) is 7.35. The second kappa shape index (κ2) is 12.5. The van der Waals surface area contributed by atoms with Gasteiger partial charge in [0.15, 0.2) is 0 Å². The van der Waals surface area contributed by atoms with E-state index in [1.807, 2.05) is 36.4 Å². The van der Waals surface area contributed by atoms with Gasteiger partial charge in [0, 0.05) is 24.7 Å². The van der Waals surface area contributed by atoms with E-state index in [1.165, 1.54) is 12.8 Å². The highest BCUT2D eigenvalue weighted by atomic mass is 16.6. The quantitative estimate of drug-likeness (QED) is 0.438. The van der Waals surface area contributed by atoms with Crippen molar-refractivity contribution in [3.8, 4) is 6.07 Å². The summed E-state index contributed by atoms with van der Waals surface area (Å²) in [6.45, 7) is 10.1. The number of benzene rings is 1. The van der Waals surface area contributed by atoms with Gasteiger partial charge in [-0.05, 0) is 71.3 Å². The highest BCUT2D eigenvalue weighted by Crippen LogP contribution is 2.47. The fourth-order valence-corrected chi connectivity index (χ4v) is 6.21. The van der Waals surface area contributed by atoms with Crippen LogP contribution in [0, 0.1) is 11.3 Å². The van der Waals surface area contributed by atoms with Gasteiger partial charge in [-0.3, -0.25) is 9.69 Å². The molecule has 0 radical (unpaired) electrons. The van der Waals surface area contributed by atoms with Gasteiger partial charge in [-0.2, -0.15) is 5.26 Å². The Balaban J connectivity index is 0.000000255. The largest absolute Gasteiger partial charge is 0.475 e. The van der Waals surface area contributed by atoms with Crippen molar-refractivity contribution in [2.24, 2.45) is 0 Å². The number of nitrogens with zero attached hydrogens (tertiary/aromatic N) is 3. The predicted molar refractivity (Wildman–Crippen MR) is 150 cm³/mol. The molecule has 4 fully saturated rings. The summed E-state index contributed by atoms with van der Waals surface area (Å²) in [7, 11) is -1.73. The minimum Gasteiger partial charge on any atom is -0.447 e. The fourth-order valence-electron chi connectivity index (χ4n) is 6.21. The lowest BCUT2D eigenvalue weighted by molar-refractivity contribution is -0.135. The number of hydrogen-bond acceptors (Lipinski definition) is 8. The standard InChI is InChI=1S/C19H24BN3O5.C10H19NO/c21-11-8-17(24)23-15-6-9-19(23,10-7-15)13-28-18(25)22-16(20(26)27)12-14-4-2-1-3-5-14;1-9(2,3)11-6-7-12-10(8-11)4-5-10/h1-5,15-16,26-27H,6-10,12-13H2,(H,22,25);4-8H2,1-3H3. The first kappa shape index (κ1) is 30.3. The first-order valence-electron chi connectivity index (χ1n) is 14.4. The van der Waals surface area contributed by atoms with Crippen LogP contribution < -0.4 is 5.32 Å². The van der Waals surface area contributed by atoms with Crippen LogP contribution in [0.1, 0.15) is 71.3 Å². The maximum atomic E-state index is 12.3. The summed E-state index contributed by atoms with van der Waals surface area (Å²) >= 11 is 0. The van der Waals surface area contributed by atoms with Crippen molar-refractivity contribution < 1.29 is 29.1 Å². The Morgan fingerprint density at radius 3 is 2.45 bits per heavy atom. The second-order valence-corrected chi connectivity index (χ2v) is 12.6. The number of amides is 2. The molecule has 1 saturated carbocycles. The molecule has 2 bridgehead atoms. The van der Waals surface area contributed by atoms with Crippen molar-refractivity contribution in [1.29, 1.82) is 5.26 Å². The number of nitriles is 1. The van der Waals surface area contributed by atoms with Crippen molar-refractivity contribution in [2.45, 2.75) is 101 Å². The second-order valence-electron chi connectivity index (χ2n) is 12.6. The molecule has 3 heterocycles. The van der Waals surface area contributed by atoms with Crippen molar-refractivity contribution in [3.63, 3.8) is 0 Å². The number of hydrogen-bond donors (Lipinski definition) is 3. The number of fused-ring (bicyclic) bond motifs is 2. The first-order valence-corrected chi connectivity index (χ1v) is 14.4. The molecule has 4 aliphatic rings. The third-order valence-corrected chi connectivity index (χ3v) is 8.70. The topological polar surface area (TPSA) is 135 Å². The van der Waals surface area contributed by atoms with E-state index in [0.29, 0.717) is 5.54 Å². The van der Waals surface area contributed by atoms with Crippen LogP contribution in [0.4, 0.5) is 4.79 Å². The Kier molecular flexibility index (Phi) is 9.45. The number of nitrogens with one attached hydrogen (secondary N) is 1. The summed E-state index contributed by atoms with van der Waals surface area (Å²) in [6.07, 6.45) is 5.01. The number of carbonyl (C=O) groups excluding carboxylic acids is 2. The molecule has 1 aromatic carbocycles. The van der Waals surface area contributed by atoms with E-state index >= 15 is 0 Å².